The number of allylic oxidation sites excluding steroid dienone is 1. The van der Waals surface area contributed by atoms with Crippen LogP contribution in [0.1, 0.15) is 25.3 Å². The van der Waals surface area contributed by atoms with Crippen LogP contribution in [0.2, 0.25) is 0 Å². The first kappa shape index (κ1) is 20.6. The number of hydrogen-bond acceptors (Lipinski definition) is 6. The molecule has 0 spiro atoms. The van der Waals surface area contributed by atoms with E-state index in [0.29, 0.717) is 23.6 Å². The third-order valence-corrected chi connectivity index (χ3v) is 4.69. The second kappa shape index (κ2) is 9.38. The molecule has 154 valence electrons. The molecule has 8 nitrogen and oxygen atoms in total. The van der Waals surface area contributed by atoms with E-state index in [-0.39, 0.29) is 35.7 Å². The molecule has 1 unspecified atom stereocenters. The van der Waals surface area contributed by atoms with Crippen LogP contribution >= 0.6 is 0 Å². The number of ether oxygens (including phenoxy) is 3. The molecule has 0 aromatic heterocycles. The largest absolute Gasteiger partial charge is 0.484 e. The van der Waals surface area contributed by atoms with Gasteiger partial charge in [0.05, 0.1) is 24.4 Å². The molecule has 2 aliphatic heterocycles. The van der Waals surface area contributed by atoms with Crippen molar-refractivity contribution >= 4 is 23.9 Å². The van der Waals surface area contributed by atoms with Crippen LogP contribution in [0.15, 0.2) is 41.1 Å². The molecule has 8 heteroatoms. The summed E-state index contributed by atoms with van der Waals surface area (Å²) >= 11 is 0. The van der Waals surface area contributed by atoms with Crippen molar-refractivity contribution in [2.75, 3.05) is 26.9 Å². The summed E-state index contributed by atoms with van der Waals surface area (Å²) in [5, 5.41) is 5.41. The fourth-order valence-corrected chi connectivity index (χ4v) is 3.18. The van der Waals surface area contributed by atoms with Gasteiger partial charge in [0.1, 0.15) is 5.75 Å². The fraction of sp³-hybridized carbons (Fsp3) is 0.381. The second-order valence-corrected chi connectivity index (χ2v) is 6.80. The van der Waals surface area contributed by atoms with Gasteiger partial charge in [0.15, 0.2) is 6.61 Å². The van der Waals surface area contributed by atoms with Crippen LogP contribution in [-0.2, 0) is 23.9 Å². The predicted molar refractivity (Wildman–Crippen MR) is 105 cm³/mol. The molecule has 1 atom stereocenters. The molecule has 0 aliphatic carbocycles. The standard InChI is InChI=1S/C21H24N2O6/c1-13-19(21(26)27-2)17(20(25)23-13)10-14-5-7-15(8-6-14)29-12-18(24)22-11-16-4-3-9-28-16/h5-8,10,16H,3-4,9,11-12H2,1-2H3,(H,22,24)(H,23,25). The minimum absolute atomic E-state index is 0.0895. The van der Waals surface area contributed by atoms with Gasteiger partial charge in [0, 0.05) is 18.8 Å². The lowest BCUT2D eigenvalue weighted by atomic mass is 10.0. The number of esters is 1. The number of carbonyl (C=O) groups is 3. The van der Waals surface area contributed by atoms with Crippen molar-refractivity contribution in [3.8, 4) is 5.75 Å². The topological polar surface area (TPSA) is 103 Å². The fourth-order valence-electron chi connectivity index (χ4n) is 3.18. The Kier molecular flexibility index (Phi) is 6.66. The highest BCUT2D eigenvalue weighted by Gasteiger charge is 2.30. The number of benzene rings is 1. The Labute approximate surface area is 168 Å². The summed E-state index contributed by atoms with van der Waals surface area (Å²) in [6.45, 7) is 2.79. The molecule has 2 heterocycles. The van der Waals surface area contributed by atoms with Crippen molar-refractivity contribution in [1.82, 2.24) is 10.6 Å². The number of methoxy groups -OCH3 is 1. The van der Waals surface area contributed by atoms with Gasteiger partial charge in [-0.3, -0.25) is 9.59 Å². The Morgan fingerprint density at radius 2 is 2.07 bits per heavy atom. The molecule has 0 saturated carbocycles. The summed E-state index contributed by atoms with van der Waals surface area (Å²) in [6.07, 6.45) is 3.68. The summed E-state index contributed by atoms with van der Waals surface area (Å²) in [5.74, 6) is -0.611. The molecule has 0 radical (unpaired) electrons. The number of hydrogen-bond donors (Lipinski definition) is 2. The Morgan fingerprint density at radius 3 is 2.72 bits per heavy atom. The maximum Gasteiger partial charge on any atom is 0.340 e. The van der Waals surface area contributed by atoms with Crippen LogP contribution in [0.25, 0.3) is 6.08 Å². The molecule has 1 aromatic carbocycles. The number of nitrogens with one attached hydrogen (secondary N) is 2. The average molecular weight is 400 g/mol. The lowest BCUT2D eigenvalue weighted by molar-refractivity contribution is -0.136. The van der Waals surface area contributed by atoms with Gasteiger partial charge in [-0.2, -0.15) is 0 Å². The zero-order valence-electron chi connectivity index (χ0n) is 16.4. The van der Waals surface area contributed by atoms with Gasteiger partial charge in [-0.25, -0.2) is 4.79 Å². The van der Waals surface area contributed by atoms with E-state index >= 15 is 0 Å². The first-order valence-electron chi connectivity index (χ1n) is 9.41. The lowest BCUT2D eigenvalue weighted by Crippen LogP contribution is -2.35. The van der Waals surface area contributed by atoms with Crippen molar-refractivity contribution in [3.05, 3.63) is 46.7 Å². The highest BCUT2D eigenvalue weighted by molar-refractivity contribution is 6.16. The maximum atomic E-state index is 12.1. The molecule has 2 amide bonds. The van der Waals surface area contributed by atoms with Crippen LogP contribution < -0.4 is 15.4 Å². The Bertz CT molecular complexity index is 850. The smallest absolute Gasteiger partial charge is 0.340 e. The first-order valence-corrected chi connectivity index (χ1v) is 9.41. The van der Waals surface area contributed by atoms with E-state index < -0.39 is 5.97 Å². The van der Waals surface area contributed by atoms with Crippen LogP contribution in [0.5, 0.6) is 5.75 Å². The zero-order chi connectivity index (χ0) is 20.8. The van der Waals surface area contributed by atoms with Gasteiger partial charge in [0.25, 0.3) is 11.8 Å². The van der Waals surface area contributed by atoms with Crippen LogP contribution in [0.4, 0.5) is 0 Å². The third kappa shape index (κ3) is 5.23. The molecular formula is C21H24N2O6. The van der Waals surface area contributed by atoms with E-state index in [0.717, 1.165) is 19.4 Å². The monoisotopic (exact) mass is 400 g/mol. The van der Waals surface area contributed by atoms with E-state index in [9.17, 15) is 14.4 Å². The van der Waals surface area contributed by atoms with Crippen LogP contribution in [0.3, 0.4) is 0 Å². The molecular weight excluding hydrogens is 376 g/mol. The Hall–Kier alpha value is -3.13. The van der Waals surface area contributed by atoms with Crippen LogP contribution in [-0.4, -0.2) is 50.8 Å². The van der Waals surface area contributed by atoms with Crippen molar-refractivity contribution in [2.24, 2.45) is 0 Å². The van der Waals surface area contributed by atoms with Gasteiger partial charge >= 0.3 is 5.97 Å². The molecule has 1 aromatic rings. The van der Waals surface area contributed by atoms with Crippen LogP contribution in [0, 0.1) is 0 Å². The number of amides is 2. The normalized spacial score (nSPS) is 20.0. The van der Waals surface area contributed by atoms with Gasteiger partial charge in [0.2, 0.25) is 0 Å². The number of carbonyl (C=O) groups excluding carboxylic acids is 3. The van der Waals surface area contributed by atoms with Gasteiger partial charge in [-0.1, -0.05) is 12.1 Å². The summed E-state index contributed by atoms with van der Waals surface area (Å²) < 4.78 is 15.7. The SMILES string of the molecule is COC(=O)C1=C(C)NC(=O)C1=Cc1ccc(OCC(=O)NCC2CCCO2)cc1. The Morgan fingerprint density at radius 1 is 1.31 bits per heavy atom. The quantitative estimate of drug-likeness (QED) is 0.529. The van der Waals surface area contributed by atoms with Gasteiger partial charge < -0.3 is 24.8 Å². The van der Waals surface area contributed by atoms with Crippen molar-refractivity contribution in [3.63, 3.8) is 0 Å². The van der Waals surface area contributed by atoms with Crippen molar-refractivity contribution < 1.29 is 28.6 Å². The summed E-state index contributed by atoms with van der Waals surface area (Å²) in [7, 11) is 1.27. The summed E-state index contributed by atoms with van der Waals surface area (Å²) in [6, 6.07) is 6.87. The molecule has 1 saturated heterocycles. The van der Waals surface area contributed by atoms with Gasteiger partial charge in [-0.15, -0.1) is 0 Å². The predicted octanol–water partition coefficient (Wildman–Crippen LogP) is 1.32. The van der Waals surface area contributed by atoms with Gasteiger partial charge in [-0.05, 0) is 43.5 Å². The number of rotatable bonds is 7. The summed E-state index contributed by atoms with van der Waals surface area (Å²) in [5.41, 5.74) is 1.64. The molecule has 1 fully saturated rings. The highest BCUT2D eigenvalue weighted by atomic mass is 16.5. The maximum absolute atomic E-state index is 12.1. The van der Waals surface area contributed by atoms with E-state index in [2.05, 4.69) is 10.6 Å². The van der Waals surface area contributed by atoms with E-state index in [1.165, 1.54) is 7.11 Å². The minimum Gasteiger partial charge on any atom is -0.484 e. The molecule has 29 heavy (non-hydrogen) atoms. The molecule has 2 N–H and O–H groups in total. The van der Waals surface area contributed by atoms with Crippen molar-refractivity contribution in [2.45, 2.75) is 25.9 Å². The minimum atomic E-state index is -0.568. The molecule has 3 rings (SSSR count). The zero-order valence-corrected chi connectivity index (χ0v) is 16.4. The third-order valence-electron chi connectivity index (χ3n) is 4.69. The average Bonchev–Trinajstić information content (AvgIpc) is 3.33. The first-order chi connectivity index (χ1) is 14.0. The second-order valence-electron chi connectivity index (χ2n) is 6.80. The lowest BCUT2D eigenvalue weighted by Gasteiger charge is -2.11. The van der Waals surface area contributed by atoms with E-state index in [1.807, 2.05) is 0 Å². The molecule has 2 aliphatic rings. The highest BCUT2D eigenvalue weighted by Crippen LogP contribution is 2.25. The molecule has 0 bridgehead atoms. The Balaban J connectivity index is 1.57. The van der Waals surface area contributed by atoms with E-state index in [4.69, 9.17) is 14.2 Å². The van der Waals surface area contributed by atoms with E-state index in [1.54, 1.807) is 37.3 Å². The van der Waals surface area contributed by atoms with Crippen molar-refractivity contribution in [1.29, 1.82) is 0 Å². The summed E-state index contributed by atoms with van der Waals surface area (Å²) in [4.78, 5) is 35.9.